The van der Waals surface area contributed by atoms with Crippen LogP contribution in [0.25, 0.3) is 0 Å². The zero-order valence-corrected chi connectivity index (χ0v) is 10.2. The maximum Gasteiger partial charge on any atom is 0.300 e. The van der Waals surface area contributed by atoms with Crippen molar-refractivity contribution >= 4 is 11.8 Å². The van der Waals surface area contributed by atoms with Crippen LogP contribution in [-0.4, -0.2) is 16.9 Å². The van der Waals surface area contributed by atoms with Gasteiger partial charge in [0.2, 0.25) is 0 Å². The smallest absolute Gasteiger partial charge is 0.300 e. The molecule has 0 fully saturated rings. The summed E-state index contributed by atoms with van der Waals surface area (Å²) in [7, 11) is 0. The van der Waals surface area contributed by atoms with E-state index < -0.39 is 5.97 Å². The van der Waals surface area contributed by atoms with E-state index in [9.17, 15) is 4.79 Å². The molecule has 0 amide bonds. The molecule has 0 aromatic carbocycles. The molecule has 0 aliphatic rings. The van der Waals surface area contributed by atoms with E-state index in [2.05, 4.69) is 13.8 Å². The van der Waals surface area contributed by atoms with Crippen molar-refractivity contribution in [3.63, 3.8) is 0 Å². The van der Waals surface area contributed by atoms with Crippen LogP contribution in [0.1, 0.15) is 65.7 Å². The molecule has 0 aliphatic heterocycles. The number of aliphatic carboxylic acids is 1. The first kappa shape index (κ1) is 16.6. The van der Waals surface area contributed by atoms with E-state index in [0.717, 1.165) is 32.6 Å². The molecule has 0 saturated carbocycles. The van der Waals surface area contributed by atoms with E-state index >= 15 is 0 Å². The molecule has 0 unspecified atom stereocenters. The summed E-state index contributed by atoms with van der Waals surface area (Å²) < 4.78 is 0. The SMILES string of the molecule is CC(=O)O.CCCCCCC(=O)CCC. The van der Waals surface area contributed by atoms with E-state index in [4.69, 9.17) is 9.90 Å². The van der Waals surface area contributed by atoms with Gasteiger partial charge in [0.05, 0.1) is 0 Å². The topological polar surface area (TPSA) is 54.4 Å². The minimum absolute atomic E-state index is 0.448. The largest absolute Gasteiger partial charge is 0.481 e. The highest BCUT2D eigenvalue weighted by atomic mass is 16.4. The Morgan fingerprint density at radius 2 is 1.47 bits per heavy atom. The zero-order valence-electron chi connectivity index (χ0n) is 10.2. The molecular formula is C12H24O3. The molecule has 3 heteroatoms. The highest BCUT2D eigenvalue weighted by molar-refractivity contribution is 5.78. The van der Waals surface area contributed by atoms with Crippen LogP contribution in [0.2, 0.25) is 0 Å². The van der Waals surface area contributed by atoms with Crippen LogP contribution < -0.4 is 0 Å². The number of carboxylic acids is 1. The van der Waals surface area contributed by atoms with Crippen LogP contribution in [0.15, 0.2) is 0 Å². The fourth-order valence-corrected chi connectivity index (χ4v) is 1.15. The molecule has 90 valence electrons. The molecule has 0 radical (unpaired) electrons. The van der Waals surface area contributed by atoms with E-state index in [1.807, 2.05) is 0 Å². The second-order valence-corrected chi connectivity index (χ2v) is 3.62. The van der Waals surface area contributed by atoms with Gasteiger partial charge in [-0.05, 0) is 12.8 Å². The van der Waals surface area contributed by atoms with Crippen molar-refractivity contribution in [1.82, 2.24) is 0 Å². The van der Waals surface area contributed by atoms with E-state index in [0.29, 0.717) is 5.78 Å². The standard InChI is InChI=1S/C10H20O.C2H4O2/c1-3-5-6-7-9-10(11)8-4-2;1-2(3)4/h3-9H2,1-2H3;1H3,(H,3,4). The predicted molar refractivity (Wildman–Crippen MR) is 62.0 cm³/mol. The van der Waals surface area contributed by atoms with Crippen LogP contribution in [0, 0.1) is 0 Å². The zero-order chi connectivity index (χ0) is 12.1. The number of rotatable bonds is 7. The third kappa shape index (κ3) is 24.6. The van der Waals surface area contributed by atoms with Crippen LogP contribution in [0.5, 0.6) is 0 Å². The number of ketones is 1. The molecule has 3 nitrogen and oxygen atoms in total. The lowest BCUT2D eigenvalue weighted by molar-refractivity contribution is -0.134. The monoisotopic (exact) mass is 216 g/mol. The number of carbonyl (C=O) groups excluding carboxylic acids is 1. The number of unbranched alkanes of at least 4 members (excludes halogenated alkanes) is 3. The molecule has 0 saturated heterocycles. The summed E-state index contributed by atoms with van der Waals surface area (Å²) >= 11 is 0. The van der Waals surface area contributed by atoms with Gasteiger partial charge in [-0.15, -0.1) is 0 Å². The third-order valence-electron chi connectivity index (χ3n) is 1.84. The normalized spacial score (nSPS) is 9.00. The molecule has 0 spiro atoms. The predicted octanol–water partition coefficient (Wildman–Crippen LogP) is 3.42. The van der Waals surface area contributed by atoms with Crippen LogP contribution in [0.3, 0.4) is 0 Å². The second-order valence-electron chi connectivity index (χ2n) is 3.62. The van der Waals surface area contributed by atoms with Crippen molar-refractivity contribution in [2.45, 2.75) is 65.7 Å². The highest BCUT2D eigenvalue weighted by Gasteiger charge is 1.98. The molecule has 1 N–H and O–H groups in total. The Hall–Kier alpha value is -0.860. The Morgan fingerprint density at radius 3 is 1.87 bits per heavy atom. The maximum atomic E-state index is 11.0. The minimum atomic E-state index is -0.833. The van der Waals surface area contributed by atoms with Gasteiger partial charge in [0, 0.05) is 19.8 Å². The first-order valence-electron chi connectivity index (χ1n) is 5.75. The van der Waals surface area contributed by atoms with Gasteiger partial charge in [0.1, 0.15) is 5.78 Å². The summed E-state index contributed by atoms with van der Waals surface area (Å²) in [5.41, 5.74) is 0. The second kappa shape index (κ2) is 13.1. The average molecular weight is 216 g/mol. The van der Waals surface area contributed by atoms with Crippen LogP contribution in [-0.2, 0) is 9.59 Å². The summed E-state index contributed by atoms with van der Waals surface area (Å²) in [4.78, 5) is 20.0. The first-order chi connectivity index (χ1) is 7.04. The molecule has 0 rings (SSSR count). The summed E-state index contributed by atoms with van der Waals surface area (Å²) in [6, 6.07) is 0. The van der Waals surface area contributed by atoms with Gasteiger partial charge >= 0.3 is 0 Å². The summed E-state index contributed by atoms with van der Waals surface area (Å²) in [5.74, 6) is -0.386. The average Bonchev–Trinajstić information content (AvgIpc) is 2.12. The number of carboxylic acid groups (broad SMARTS) is 1. The highest BCUT2D eigenvalue weighted by Crippen LogP contribution is 2.04. The molecule has 0 heterocycles. The summed E-state index contributed by atoms with van der Waals surface area (Å²) in [6.07, 6.45) is 7.46. The molecule has 0 aromatic rings. The quantitative estimate of drug-likeness (QED) is 0.663. The maximum absolute atomic E-state index is 11.0. The lowest BCUT2D eigenvalue weighted by Gasteiger charge is -1.97. The van der Waals surface area contributed by atoms with Crippen molar-refractivity contribution in [3.05, 3.63) is 0 Å². The van der Waals surface area contributed by atoms with E-state index in [1.54, 1.807) is 0 Å². The van der Waals surface area contributed by atoms with Gasteiger partial charge in [0.25, 0.3) is 5.97 Å². The Labute approximate surface area is 92.9 Å². The van der Waals surface area contributed by atoms with Crippen molar-refractivity contribution in [2.75, 3.05) is 0 Å². The van der Waals surface area contributed by atoms with Gasteiger partial charge in [-0.3, -0.25) is 9.59 Å². The molecule has 0 atom stereocenters. The number of hydrogen-bond acceptors (Lipinski definition) is 2. The summed E-state index contributed by atoms with van der Waals surface area (Å²) in [6.45, 7) is 5.33. The van der Waals surface area contributed by atoms with Gasteiger partial charge in [0.15, 0.2) is 0 Å². The van der Waals surface area contributed by atoms with E-state index in [-0.39, 0.29) is 0 Å². The van der Waals surface area contributed by atoms with Crippen molar-refractivity contribution in [3.8, 4) is 0 Å². The Morgan fingerprint density at radius 1 is 0.933 bits per heavy atom. The molecule has 0 bridgehead atoms. The summed E-state index contributed by atoms with van der Waals surface area (Å²) in [5, 5.41) is 7.42. The fourth-order valence-electron chi connectivity index (χ4n) is 1.15. The van der Waals surface area contributed by atoms with Gasteiger partial charge < -0.3 is 5.11 Å². The fraction of sp³-hybridized carbons (Fsp3) is 0.833. The van der Waals surface area contributed by atoms with Crippen molar-refractivity contribution in [1.29, 1.82) is 0 Å². The molecule has 15 heavy (non-hydrogen) atoms. The number of hydrogen-bond donors (Lipinski definition) is 1. The lowest BCUT2D eigenvalue weighted by atomic mass is 10.1. The Bertz CT molecular complexity index is 160. The minimum Gasteiger partial charge on any atom is -0.481 e. The van der Waals surface area contributed by atoms with Gasteiger partial charge in [-0.1, -0.05) is 33.1 Å². The molecule has 0 aromatic heterocycles. The van der Waals surface area contributed by atoms with Crippen molar-refractivity contribution in [2.24, 2.45) is 0 Å². The van der Waals surface area contributed by atoms with Crippen LogP contribution >= 0.6 is 0 Å². The van der Waals surface area contributed by atoms with Crippen molar-refractivity contribution < 1.29 is 14.7 Å². The number of Topliss-reactive ketones (excluding diaryl/α,β-unsaturated/α-hetero) is 1. The van der Waals surface area contributed by atoms with Gasteiger partial charge in [-0.25, -0.2) is 0 Å². The lowest BCUT2D eigenvalue weighted by Crippen LogP contribution is -1.95. The third-order valence-corrected chi connectivity index (χ3v) is 1.84. The Balaban J connectivity index is 0. The van der Waals surface area contributed by atoms with Gasteiger partial charge in [-0.2, -0.15) is 0 Å². The Kier molecular flexibility index (Phi) is 14.5. The molecule has 0 aliphatic carbocycles. The van der Waals surface area contributed by atoms with Crippen LogP contribution in [0.4, 0.5) is 0 Å². The molecular weight excluding hydrogens is 192 g/mol. The first-order valence-corrected chi connectivity index (χ1v) is 5.75. The number of carbonyl (C=O) groups is 2. The van der Waals surface area contributed by atoms with E-state index in [1.165, 1.54) is 19.3 Å².